The standard InChI is InChI=1S/C14H29N3O3/c1-4-17(5-2)10-6-7-11(3)16-14(20)12(15)8-9-13(18)19/h11-12H,4-10,15H2,1-3H3,(H,16,20)(H,18,19). The van der Waals surface area contributed by atoms with Crippen LogP contribution in [0.1, 0.15) is 46.5 Å². The highest BCUT2D eigenvalue weighted by Crippen LogP contribution is 2.01. The maximum atomic E-state index is 11.7. The first kappa shape index (κ1) is 18.9. The third-order valence-corrected chi connectivity index (χ3v) is 3.40. The number of carboxylic acids is 1. The fourth-order valence-electron chi connectivity index (χ4n) is 1.99. The van der Waals surface area contributed by atoms with Crippen LogP contribution in [-0.2, 0) is 9.59 Å². The Kier molecular flexibility index (Phi) is 10.0. The van der Waals surface area contributed by atoms with Gasteiger partial charge in [-0.3, -0.25) is 9.59 Å². The summed E-state index contributed by atoms with van der Waals surface area (Å²) in [5, 5.41) is 11.4. The van der Waals surface area contributed by atoms with Gasteiger partial charge >= 0.3 is 5.97 Å². The number of hydrogen-bond acceptors (Lipinski definition) is 4. The van der Waals surface area contributed by atoms with E-state index in [1.54, 1.807) is 0 Å². The zero-order valence-corrected chi connectivity index (χ0v) is 12.9. The summed E-state index contributed by atoms with van der Waals surface area (Å²) in [6.07, 6.45) is 2.01. The first-order valence-electron chi connectivity index (χ1n) is 7.40. The van der Waals surface area contributed by atoms with Crippen LogP contribution in [0.25, 0.3) is 0 Å². The Labute approximate surface area is 121 Å². The fraction of sp³-hybridized carbons (Fsp3) is 0.857. The van der Waals surface area contributed by atoms with Gasteiger partial charge < -0.3 is 21.1 Å². The summed E-state index contributed by atoms with van der Waals surface area (Å²) in [6, 6.07) is -0.676. The van der Waals surface area contributed by atoms with Crippen LogP contribution >= 0.6 is 0 Å². The van der Waals surface area contributed by atoms with E-state index in [9.17, 15) is 9.59 Å². The molecular formula is C14H29N3O3. The van der Waals surface area contributed by atoms with Gasteiger partial charge in [0.1, 0.15) is 0 Å². The van der Waals surface area contributed by atoms with Gasteiger partial charge in [-0.05, 0) is 45.8 Å². The molecule has 0 aliphatic carbocycles. The SMILES string of the molecule is CCN(CC)CCCC(C)NC(=O)C(N)CCC(=O)O. The van der Waals surface area contributed by atoms with E-state index in [1.807, 2.05) is 6.92 Å². The molecule has 0 aromatic heterocycles. The third kappa shape index (κ3) is 8.87. The average Bonchev–Trinajstić information content (AvgIpc) is 2.40. The molecule has 6 nitrogen and oxygen atoms in total. The molecule has 2 atom stereocenters. The zero-order chi connectivity index (χ0) is 15.5. The normalized spacial score (nSPS) is 14.1. The Morgan fingerprint density at radius 2 is 1.85 bits per heavy atom. The van der Waals surface area contributed by atoms with Gasteiger partial charge in [-0.2, -0.15) is 0 Å². The minimum Gasteiger partial charge on any atom is -0.481 e. The lowest BCUT2D eigenvalue weighted by molar-refractivity contribution is -0.137. The van der Waals surface area contributed by atoms with Crippen LogP contribution < -0.4 is 11.1 Å². The second-order valence-corrected chi connectivity index (χ2v) is 5.12. The smallest absolute Gasteiger partial charge is 0.303 e. The Bertz CT molecular complexity index is 293. The molecule has 6 heteroatoms. The second kappa shape index (κ2) is 10.6. The van der Waals surface area contributed by atoms with Crippen LogP contribution in [0.15, 0.2) is 0 Å². The van der Waals surface area contributed by atoms with E-state index in [-0.39, 0.29) is 24.8 Å². The molecule has 0 saturated heterocycles. The first-order chi connectivity index (χ1) is 9.40. The van der Waals surface area contributed by atoms with Crippen molar-refractivity contribution in [1.82, 2.24) is 10.2 Å². The minimum absolute atomic E-state index is 0.0638. The summed E-state index contributed by atoms with van der Waals surface area (Å²) >= 11 is 0. The number of carbonyl (C=O) groups excluding carboxylic acids is 1. The summed E-state index contributed by atoms with van der Waals surface area (Å²) in [7, 11) is 0. The van der Waals surface area contributed by atoms with Crippen molar-refractivity contribution >= 4 is 11.9 Å². The van der Waals surface area contributed by atoms with Crippen LogP contribution in [0.3, 0.4) is 0 Å². The average molecular weight is 287 g/mol. The Balaban J connectivity index is 3.86. The number of nitrogens with two attached hydrogens (primary N) is 1. The number of amides is 1. The van der Waals surface area contributed by atoms with E-state index >= 15 is 0 Å². The molecule has 0 fully saturated rings. The highest BCUT2D eigenvalue weighted by atomic mass is 16.4. The number of aliphatic carboxylic acids is 1. The van der Waals surface area contributed by atoms with Crippen molar-refractivity contribution in [2.24, 2.45) is 5.73 Å². The second-order valence-electron chi connectivity index (χ2n) is 5.12. The maximum absolute atomic E-state index is 11.7. The summed E-state index contributed by atoms with van der Waals surface area (Å²) in [5.41, 5.74) is 5.65. The van der Waals surface area contributed by atoms with E-state index in [2.05, 4.69) is 24.1 Å². The Hall–Kier alpha value is -1.14. The van der Waals surface area contributed by atoms with Gasteiger partial charge in [0.2, 0.25) is 5.91 Å². The van der Waals surface area contributed by atoms with E-state index in [0.29, 0.717) is 0 Å². The van der Waals surface area contributed by atoms with E-state index in [0.717, 1.165) is 32.5 Å². The van der Waals surface area contributed by atoms with Crippen molar-refractivity contribution < 1.29 is 14.7 Å². The lowest BCUT2D eigenvalue weighted by Crippen LogP contribution is -2.44. The van der Waals surface area contributed by atoms with Gasteiger partial charge in [0.05, 0.1) is 6.04 Å². The number of carbonyl (C=O) groups is 2. The van der Waals surface area contributed by atoms with Crippen molar-refractivity contribution in [3.05, 3.63) is 0 Å². The topological polar surface area (TPSA) is 95.7 Å². The summed E-state index contributed by atoms with van der Waals surface area (Å²) in [5.74, 6) is -1.19. The Morgan fingerprint density at radius 3 is 2.35 bits per heavy atom. The zero-order valence-electron chi connectivity index (χ0n) is 12.9. The molecule has 0 saturated carbocycles. The summed E-state index contributed by atoms with van der Waals surface area (Å²) in [6.45, 7) is 9.32. The predicted octanol–water partition coefficient (Wildman–Crippen LogP) is 0.805. The molecule has 0 aromatic rings. The molecule has 2 unspecified atom stereocenters. The van der Waals surface area contributed by atoms with E-state index in [1.165, 1.54) is 0 Å². The molecule has 0 rings (SSSR count). The molecule has 0 aliphatic heterocycles. The number of carboxylic acid groups (broad SMARTS) is 1. The lowest BCUT2D eigenvalue weighted by Gasteiger charge is -2.20. The summed E-state index contributed by atoms with van der Waals surface area (Å²) in [4.78, 5) is 24.5. The van der Waals surface area contributed by atoms with Crippen LogP contribution in [0, 0.1) is 0 Å². The van der Waals surface area contributed by atoms with Gasteiger partial charge in [0, 0.05) is 12.5 Å². The fourth-order valence-corrected chi connectivity index (χ4v) is 1.99. The number of nitrogens with one attached hydrogen (secondary N) is 1. The van der Waals surface area contributed by atoms with Crippen LogP contribution in [0.5, 0.6) is 0 Å². The van der Waals surface area contributed by atoms with Gasteiger partial charge in [0.15, 0.2) is 0 Å². The highest BCUT2D eigenvalue weighted by Gasteiger charge is 2.16. The molecule has 0 radical (unpaired) electrons. The molecular weight excluding hydrogens is 258 g/mol. The van der Waals surface area contributed by atoms with Crippen molar-refractivity contribution in [2.75, 3.05) is 19.6 Å². The molecule has 0 bridgehead atoms. The van der Waals surface area contributed by atoms with Crippen molar-refractivity contribution in [3.63, 3.8) is 0 Å². The van der Waals surface area contributed by atoms with Crippen LogP contribution in [-0.4, -0.2) is 53.6 Å². The van der Waals surface area contributed by atoms with Crippen molar-refractivity contribution in [3.8, 4) is 0 Å². The largest absolute Gasteiger partial charge is 0.481 e. The summed E-state index contributed by atoms with van der Waals surface area (Å²) < 4.78 is 0. The van der Waals surface area contributed by atoms with Crippen molar-refractivity contribution in [1.29, 1.82) is 0 Å². The first-order valence-corrected chi connectivity index (χ1v) is 7.40. The lowest BCUT2D eigenvalue weighted by atomic mass is 10.1. The van der Waals surface area contributed by atoms with Crippen LogP contribution in [0.2, 0.25) is 0 Å². The molecule has 4 N–H and O–H groups in total. The minimum atomic E-state index is -0.930. The van der Waals surface area contributed by atoms with Crippen LogP contribution in [0.4, 0.5) is 0 Å². The number of rotatable bonds is 11. The molecule has 118 valence electrons. The van der Waals surface area contributed by atoms with E-state index in [4.69, 9.17) is 10.8 Å². The van der Waals surface area contributed by atoms with Gasteiger partial charge in [-0.15, -0.1) is 0 Å². The number of nitrogens with zero attached hydrogens (tertiary/aromatic N) is 1. The van der Waals surface area contributed by atoms with Gasteiger partial charge in [-0.25, -0.2) is 0 Å². The molecule has 1 amide bonds. The van der Waals surface area contributed by atoms with Gasteiger partial charge in [-0.1, -0.05) is 13.8 Å². The third-order valence-electron chi connectivity index (χ3n) is 3.40. The molecule has 20 heavy (non-hydrogen) atoms. The molecule has 0 aromatic carbocycles. The van der Waals surface area contributed by atoms with Crippen molar-refractivity contribution in [2.45, 2.75) is 58.5 Å². The Morgan fingerprint density at radius 1 is 1.25 bits per heavy atom. The predicted molar refractivity (Wildman–Crippen MR) is 79.5 cm³/mol. The quantitative estimate of drug-likeness (QED) is 0.522. The van der Waals surface area contributed by atoms with Gasteiger partial charge in [0.25, 0.3) is 0 Å². The molecule has 0 spiro atoms. The monoisotopic (exact) mass is 287 g/mol. The highest BCUT2D eigenvalue weighted by molar-refractivity contribution is 5.82. The molecule has 0 heterocycles. The van der Waals surface area contributed by atoms with E-state index < -0.39 is 12.0 Å². The maximum Gasteiger partial charge on any atom is 0.303 e. The molecule has 0 aliphatic rings. The number of hydrogen-bond donors (Lipinski definition) is 3.